The fourth-order valence-corrected chi connectivity index (χ4v) is 8.81. The molecule has 0 heterocycles. The Morgan fingerprint density at radius 3 is 0.750 bits per heavy atom. The van der Waals surface area contributed by atoms with Crippen LogP contribution in [-0.2, 0) is 0 Å². The minimum Gasteiger partial charge on any atom is -0.0610 e. The average Bonchev–Trinajstić information content (AvgIpc) is 2.98. The summed E-state index contributed by atoms with van der Waals surface area (Å²) < 4.78 is 0. The van der Waals surface area contributed by atoms with Crippen molar-refractivity contribution < 1.29 is 0 Å². The van der Waals surface area contributed by atoms with Crippen LogP contribution >= 0.6 is 0 Å². The maximum absolute atomic E-state index is 2.47. The van der Waals surface area contributed by atoms with Crippen LogP contribution in [0.1, 0.15) is 0 Å². The first kappa shape index (κ1) is 19.0. The van der Waals surface area contributed by atoms with E-state index in [1.165, 1.54) is 118 Å². The predicted octanol–water partition coefficient (Wildman–Crippen LogP) is 11.6. The first-order chi connectivity index (χ1) is 19.8. The zero-order chi connectivity index (χ0) is 25.4. The lowest BCUT2D eigenvalue weighted by molar-refractivity contribution is 1.81. The molecule has 0 N–H and O–H groups in total. The highest BCUT2D eigenvalue weighted by Gasteiger charge is 2.23. The Hall–Kier alpha value is -5.20. The van der Waals surface area contributed by atoms with Gasteiger partial charge in [-0.2, -0.15) is 0 Å². The average molecular weight is 499 g/mol. The first-order valence-electron chi connectivity index (χ1n) is 14.2. The van der Waals surface area contributed by atoms with E-state index >= 15 is 0 Å². The van der Waals surface area contributed by atoms with E-state index in [1.807, 2.05) is 0 Å². The van der Waals surface area contributed by atoms with Gasteiger partial charge in [0.1, 0.15) is 0 Å². The zero-order valence-electron chi connectivity index (χ0n) is 21.4. The molecule has 40 heavy (non-hydrogen) atoms. The molecule has 0 nitrogen and oxygen atoms in total. The van der Waals surface area contributed by atoms with E-state index in [2.05, 4.69) is 109 Å². The van der Waals surface area contributed by atoms with Gasteiger partial charge < -0.3 is 0 Å². The lowest BCUT2D eigenvalue weighted by Crippen LogP contribution is -1.95. The summed E-state index contributed by atoms with van der Waals surface area (Å²) in [6, 6.07) is 42.3. The van der Waals surface area contributed by atoms with Crippen molar-refractivity contribution in [3.63, 3.8) is 0 Å². The van der Waals surface area contributed by atoms with Crippen molar-refractivity contribution in [2.45, 2.75) is 0 Å². The summed E-state index contributed by atoms with van der Waals surface area (Å²) in [6.07, 6.45) is 0. The molecule has 0 saturated heterocycles. The molecule has 0 saturated carbocycles. The van der Waals surface area contributed by atoms with E-state index in [1.54, 1.807) is 0 Å². The maximum Gasteiger partial charge on any atom is -0.00134 e. The summed E-state index contributed by atoms with van der Waals surface area (Å²) in [5.74, 6) is 0. The first-order valence-corrected chi connectivity index (χ1v) is 14.2. The van der Waals surface area contributed by atoms with Crippen LogP contribution in [0.2, 0.25) is 0 Å². The molecular weight excluding hydrogens is 480 g/mol. The molecule has 0 atom stereocenters. The van der Waals surface area contributed by atoms with Gasteiger partial charge in [0.05, 0.1) is 0 Å². The Balaban J connectivity index is 1.45. The van der Waals surface area contributed by atoms with Crippen LogP contribution in [0.4, 0.5) is 0 Å². The molecule has 0 aliphatic rings. The molecule has 12 aromatic carbocycles. The second kappa shape index (κ2) is 5.86. The minimum atomic E-state index is 1.33. The van der Waals surface area contributed by atoms with Crippen molar-refractivity contribution in [1.29, 1.82) is 0 Å². The third-order valence-corrected chi connectivity index (χ3v) is 10.2. The third-order valence-electron chi connectivity index (χ3n) is 10.2. The molecule has 0 radical (unpaired) electrons. The lowest BCUT2D eigenvalue weighted by Gasteiger charge is -2.23. The monoisotopic (exact) mass is 498 g/mol. The van der Waals surface area contributed by atoms with Crippen molar-refractivity contribution in [3.05, 3.63) is 109 Å². The number of rotatable bonds is 0. The van der Waals surface area contributed by atoms with E-state index in [0.29, 0.717) is 0 Å². The molecule has 0 aromatic heterocycles. The van der Waals surface area contributed by atoms with Crippen molar-refractivity contribution in [1.82, 2.24) is 0 Å². The fraction of sp³-hybridized carbons (Fsp3) is 0. The fourth-order valence-electron chi connectivity index (χ4n) is 8.81. The number of hydrogen-bond donors (Lipinski definition) is 0. The highest BCUT2D eigenvalue weighted by atomic mass is 14.3. The van der Waals surface area contributed by atoms with Gasteiger partial charge in [0.15, 0.2) is 0 Å². The molecule has 0 unspecified atom stereocenters. The van der Waals surface area contributed by atoms with Gasteiger partial charge in [-0.05, 0) is 167 Å². The highest BCUT2D eigenvalue weighted by Crippen LogP contribution is 2.52. The van der Waals surface area contributed by atoms with Gasteiger partial charge in [0.25, 0.3) is 0 Å². The van der Waals surface area contributed by atoms with Gasteiger partial charge in [0.2, 0.25) is 0 Å². The van der Waals surface area contributed by atoms with Crippen molar-refractivity contribution >= 4 is 118 Å². The van der Waals surface area contributed by atoms with Crippen LogP contribution in [0.15, 0.2) is 109 Å². The Bertz CT molecular complexity index is 2800. The van der Waals surface area contributed by atoms with E-state index in [9.17, 15) is 0 Å². The summed E-state index contributed by atoms with van der Waals surface area (Å²) >= 11 is 0. The Morgan fingerprint density at radius 2 is 0.400 bits per heavy atom. The summed E-state index contributed by atoms with van der Waals surface area (Å²) in [5, 5.41) is 30.3. The van der Waals surface area contributed by atoms with Crippen molar-refractivity contribution in [2.75, 3.05) is 0 Å². The molecule has 0 aliphatic heterocycles. The second-order valence-electron chi connectivity index (χ2n) is 12.1. The van der Waals surface area contributed by atoms with Gasteiger partial charge in [0, 0.05) is 0 Å². The van der Waals surface area contributed by atoms with E-state index in [-0.39, 0.29) is 0 Å². The summed E-state index contributed by atoms with van der Waals surface area (Å²) in [4.78, 5) is 0. The smallest absolute Gasteiger partial charge is 0.00134 e. The predicted molar refractivity (Wildman–Crippen MR) is 175 cm³/mol. The Morgan fingerprint density at radius 1 is 0.175 bits per heavy atom. The molecular formula is C40H18. The van der Waals surface area contributed by atoms with Crippen LogP contribution in [0.5, 0.6) is 0 Å². The van der Waals surface area contributed by atoms with Gasteiger partial charge in [-0.25, -0.2) is 0 Å². The lowest BCUT2D eigenvalue weighted by atomic mass is 9.80. The van der Waals surface area contributed by atoms with E-state index in [4.69, 9.17) is 0 Å². The maximum atomic E-state index is 2.47. The Kier molecular flexibility index (Phi) is 2.77. The number of hydrogen-bond acceptors (Lipinski definition) is 0. The molecule has 0 heteroatoms. The van der Waals surface area contributed by atoms with Crippen molar-refractivity contribution in [2.24, 2.45) is 0 Å². The molecule has 0 amide bonds. The third kappa shape index (κ3) is 1.88. The molecule has 0 bridgehead atoms. The van der Waals surface area contributed by atoms with Crippen LogP contribution in [-0.4, -0.2) is 0 Å². The molecule has 12 rings (SSSR count). The quantitative estimate of drug-likeness (QED) is 0.144. The van der Waals surface area contributed by atoms with Crippen molar-refractivity contribution in [3.8, 4) is 0 Å². The van der Waals surface area contributed by atoms with Gasteiger partial charge >= 0.3 is 0 Å². The largest absolute Gasteiger partial charge is 0.0610 e. The molecule has 178 valence electrons. The SMILES string of the molecule is c1cc2ccc3cc4cc5cc6cc7cccc8ccc9cc%10cc%11cc%12cc(c1)c2c3c%12c4c%11c5c%10c6c9c87. The topological polar surface area (TPSA) is 0 Å². The standard InChI is InChI=1S/C40H18/c1-3-19-7-9-23-13-27-18-30-16-26-12-22-6-2-4-20-8-10-24-14-28-17-29-15-25-11-21(5-1)31(19)33(23)35(25)37(27)39(29)40(30)38(28)36(26)34(24)32(20)22/h1-18H. The van der Waals surface area contributed by atoms with Gasteiger partial charge in [-0.15, -0.1) is 0 Å². The molecule has 12 aromatic rings. The molecule has 0 fully saturated rings. The minimum absolute atomic E-state index is 1.33. The summed E-state index contributed by atoms with van der Waals surface area (Å²) in [5.41, 5.74) is 0. The zero-order valence-corrected chi connectivity index (χ0v) is 21.4. The van der Waals surface area contributed by atoms with Gasteiger partial charge in [-0.3, -0.25) is 0 Å². The summed E-state index contributed by atoms with van der Waals surface area (Å²) in [6.45, 7) is 0. The van der Waals surface area contributed by atoms with E-state index < -0.39 is 0 Å². The normalized spacial score (nSPS) is 13.5. The van der Waals surface area contributed by atoms with Gasteiger partial charge in [-0.1, -0.05) is 60.7 Å². The number of benzene rings is 12. The molecule has 0 spiro atoms. The Labute approximate surface area is 227 Å². The molecule has 0 aliphatic carbocycles. The van der Waals surface area contributed by atoms with Crippen LogP contribution in [0.25, 0.3) is 118 Å². The highest BCUT2D eigenvalue weighted by molar-refractivity contribution is 6.47. The summed E-state index contributed by atoms with van der Waals surface area (Å²) in [7, 11) is 0. The van der Waals surface area contributed by atoms with Crippen LogP contribution in [0.3, 0.4) is 0 Å². The van der Waals surface area contributed by atoms with E-state index in [0.717, 1.165) is 0 Å². The van der Waals surface area contributed by atoms with Crippen LogP contribution < -0.4 is 0 Å². The van der Waals surface area contributed by atoms with Crippen LogP contribution in [0, 0.1) is 0 Å². The second-order valence-corrected chi connectivity index (χ2v) is 12.1.